The topological polar surface area (TPSA) is 55.1 Å². The summed E-state index contributed by atoms with van der Waals surface area (Å²) in [5, 5.41) is 3.36. The van der Waals surface area contributed by atoms with Crippen LogP contribution < -0.4 is 11.1 Å². The highest BCUT2D eigenvalue weighted by Crippen LogP contribution is 2.19. The van der Waals surface area contributed by atoms with Gasteiger partial charge in [0.25, 0.3) is 5.91 Å². The molecule has 0 spiro atoms. The van der Waals surface area contributed by atoms with Gasteiger partial charge < -0.3 is 11.1 Å². The van der Waals surface area contributed by atoms with Gasteiger partial charge in [-0.15, -0.1) is 0 Å². The molecule has 2 aromatic rings. The summed E-state index contributed by atoms with van der Waals surface area (Å²) in [6.07, 6.45) is 0. The molecule has 0 aliphatic heterocycles. The van der Waals surface area contributed by atoms with Crippen LogP contribution in [0.3, 0.4) is 0 Å². The average molecular weight is 305 g/mol. The van der Waals surface area contributed by atoms with Gasteiger partial charge in [0.15, 0.2) is 0 Å². The average Bonchev–Trinajstić information content (AvgIpc) is 2.41. The molecule has 0 saturated carbocycles. The highest BCUT2D eigenvalue weighted by Gasteiger charge is 2.09. The van der Waals surface area contributed by atoms with E-state index in [4.69, 9.17) is 29.6 Å². The lowest BCUT2D eigenvalue weighted by atomic mass is 10.1. The Kier molecular flexibility index (Phi) is 4.37. The molecule has 0 saturated heterocycles. The van der Waals surface area contributed by atoms with Gasteiger partial charge in [0.05, 0.1) is 0 Å². The highest BCUT2D eigenvalue weighted by atomic mass is 35.5. The molecule has 0 bridgehead atoms. The van der Waals surface area contributed by atoms with Crippen molar-refractivity contribution in [2.75, 3.05) is 5.32 Å². The van der Waals surface area contributed by atoms with Crippen LogP contribution in [0.4, 0.5) is 5.69 Å². The zero-order valence-electron chi connectivity index (χ0n) is 10.8. The highest BCUT2D eigenvalue weighted by molar-refractivity contribution is 7.80. The molecule has 1 amide bonds. The molecule has 0 aliphatic carbocycles. The van der Waals surface area contributed by atoms with Gasteiger partial charge in [0.1, 0.15) is 4.99 Å². The number of nitrogens with two attached hydrogens (primary N) is 1. The first-order valence-corrected chi connectivity index (χ1v) is 6.73. The number of anilines is 1. The predicted octanol–water partition coefficient (Wildman–Crippen LogP) is 3.53. The van der Waals surface area contributed by atoms with E-state index < -0.39 is 0 Å². The second-order valence-electron chi connectivity index (χ2n) is 4.36. The first-order chi connectivity index (χ1) is 9.47. The molecule has 0 heterocycles. The van der Waals surface area contributed by atoms with Gasteiger partial charge in [-0.2, -0.15) is 0 Å². The fourth-order valence-corrected chi connectivity index (χ4v) is 2.05. The number of aryl methyl sites for hydroxylation is 1. The molecule has 3 nitrogen and oxygen atoms in total. The summed E-state index contributed by atoms with van der Waals surface area (Å²) in [6, 6.07) is 12.2. The van der Waals surface area contributed by atoms with Crippen LogP contribution in [0.1, 0.15) is 21.5 Å². The van der Waals surface area contributed by atoms with Gasteiger partial charge in [-0.05, 0) is 36.8 Å². The minimum atomic E-state index is -0.226. The molecule has 2 aromatic carbocycles. The van der Waals surface area contributed by atoms with E-state index in [0.717, 1.165) is 5.56 Å². The van der Waals surface area contributed by atoms with E-state index >= 15 is 0 Å². The molecule has 3 N–H and O–H groups in total. The minimum Gasteiger partial charge on any atom is -0.389 e. The number of carbonyl (C=O) groups excluding carboxylic acids is 1. The number of benzene rings is 2. The van der Waals surface area contributed by atoms with E-state index in [1.54, 1.807) is 30.3 Å². The SMILES string of the molecule is Cc1ccc(C(N)=S)cc1NC(=O)c1cccc(Cl)c1. The van der Waals surface area contributed by atoms with Gasteiger partial charge in [-0.25, -0.2) is 0 Å². The van der Waals surface area contributed by atoms with Crippen LogP contribution in [-0.2, 0) is 0 Å². The van der Waals surface area contributed by atoms with Crippen molar-refractivity contribution in [1.29, 1.82) is 0 Å². The number of thiocarbonyl (C=S) groups is 1. The molecule has 2 rings (SSSR count). The van der Waals surface area contributed by atoms with Crippen LogP contribution in [0.25, 0.3) is 0 Å². The third-order valence-electron chi connectivity index (χ3n) is 2.86. The molecule has 5 heteroatoms. The van der Waals surface area contributed by atoms with Crippen molar-refractivity contribution < 1.29 is 4.79 Å². The van der Waals surface area contributed by atoms with E-state index in [1.165, 1.54) is 0 Å². The summed E-state index contributed by atoms with van der Waals surface area (Å²) < 4.78 is 0. The maximum Gasteiger partial charge on any atom is 0.255 e. The van der Waals surface area contributed by atoms with E-state index in [1.807, 2.05) is 19.1 Å². The number of rotatable bonds is 3. The zero-order chi connectivity index (χ0) is 14.7. The lowest BCUT2D eigenvalue weighted by Crippen LogP contribution is -2.14. The Morgan fingerprint density at radius 2 is 1.95 bits per heavy atom. The Labute approximate surface area is 127 Å². The number of carbonyl (C=O) groups is 1. The number of hydrogen-bond acceptors (Lipinski definition) is 2. The summed E-state index contributed by atoms with van der Waals surface area (Å²) in [7, 11) is 0. The Hall–Kier alpha value is -1.91. The summed E-state index contributed by atoms with van der Waals surface area (Å²) >= 11 is 10.8. The molecular weight excluding hydrogens is 292 g/mol. The standard InChI is InChI=1S/C15H13ClN2OS/c1-9-5-6-10(14(17)20)8-13(9)18-15(19)11-3-2-4-12(16)7-11/h2-8H,1H3,(H2,17,20)(H,18,19). The van der Waals surface area contributed by atoms with Crippen molar-refractivity contribution in [1.82, 2.24) is 0 Å². The largest absolute Gasteiger partial charge is 0.389 e. The van der Waals surface area contributed by atoms with E-state index in [0.29, 0.717) is 26.8 Å². The van der Waals surface area contributed by atoms with Gasteiger partial charge in [-0.1, -0.05) is 42.0 Å². The Bertz CT molecular complexity index is 685. The molecule has 0 aromatic heterocycles. The Balaban J connectivity index is 2.27. The van der Waals surface area contributed by atoms with Crippen LogP contribution in [-0.4, -0.2) is 10.9 Å². The van der Waals surface area contributed by atoms with Crippen molar-refractivity contribution in [3.8, 4) is 0 Å². The van der Waals surface area contributed by atoms with Crippen molar-refractivity contribution in [2.24, 2.45) is 5.73 Å². The van der Waals surface area contributed by atoms with E-state index in [2.05, 4.69) is 5.32 Å². The third-order valence-corrected chi connectivity index (χ3v) is 3.33. The van der Waals surface area contributed by atoms with Crippen LogP contribution in [0, 0.1) is 6.92 Å². The van der Waals surface area contributed by atoms with E-state index in [-0.39, 0.29) is 5.91 Å². The zero-order valence-corrected chi connectivity index (χ0v) is 12.4. The first kappa shape index (κ1) is 14.5. The number of halogens is 1. The Morgan fingerprint density at radius 1 is 1.20 bits per heavy atom. The van der Waals surface area contributed by atoms with Gasteiger partial charge in [0, 0.05) is 21.8 Å². The maximum atomic E-state index is 12.2. The predicted molar refractivity (Wildman–Crippen MR) is 86.5 cm³/mol. The van der Waals surface area contributed by atoms with E-state index in [9.17, 15) is 4.79 Å². The molecule has 0 atom stereocenters. The van der Waals surface area contributed by atoms with Crippen molar-refractivity contribution in [2.45, 2.75) is 6.92 Å². The second kappa shape index (κ2) is 6.03. The Morgan fingerprint density at radius 3 is 2.60 bits per heavy atom. The van der Waals surface area contributed by atoms with Crippen LogP contribution in [0.15, 0.2) is 42.5 Å². The quantitative estimate of drug-likeness (QED) is 0.853. The number of hydrogen-bond donors (Lipinski definition) is 2. The maximum absolute atomic E-state index is 12.2. The summed E-state index contributed by atoms with van der Waals surface area (Å²) in [6.45, 7) is 1.90. The van der Waals surface area contributed by atoms with Crippen LogP contribution in [0.2, 0.25) is 5.02 Å². The summed E-state index contributed by atoms with van der Waals surface area (Å²) in [5.41, 5.74) is 8.42. The third kappa shape index (κ3) is 3.35. The molecule has 0 fully saturated rings. The molecule has 0 unspecified atom stereocenters. The number of amides is 1. The van der Waals surface area contributed by atoms with Crippen LogP contribution >= 0.6 is 23.8 Å². The lowest BCUT2D eigenvalue weighted by Gasteiger charge is -2.10. The van der Waals surface area contributed by atoms with Crippen LogP contribution in [0.5, 0.6) is 0 Å². The van der Waals surface area contributed by atoms with Crippen molar-refractivity contribution in [3.63, 3.8) is 0 Å². The fraction of sp³-hybridized carbons (Fsp3) is 0.0667. The number of nitrogens with one attached hydrogen (secondary N) is 1. The summed E-state index contributed by atoms with van der Waals surface area (Å²) in [5.74, 6) is -0.226. The smallest absolute Gasteiger partial charge is 0.255 e. The molecule has 0 radical (unpaired) electrons. The molecule has 102 valence electrons. The fourth-order valence-electron chi connectivity index (χ4n) is 1.73. The minimum absolute atomic E-state index is 0.226. The second-order valence-corrected chi connectivity index (χ2v) is 5.23. The lowest BCUT2D eigenvalue weighted by molar-refractivity contribution is 0.102. The molecule has 20 heavy (non-hydrogen) atoms. The van der Waals surface area contributed by atoms with Gasteiger partial charge in [-0.3, -0.25) is 4.79 Å². The van der Waals surface area contributed by atoms with Crippen molar-refractivity contribution >= 4 is 40.4 Å². The molecular formula is C15H13ClN2OS. The first-order valence-electron chi connectivity index (χ1n) is 5.95. The van der Waals surface area contributed by atoms with Gasteiger partial charge >= 0.3 is 0 Å². The van der Waals surface area contributed by atoms with Gasteiger partial charge in [0.2, 0.25) is 0 Å². The summed E-state index contributed by atoms with van der Waals surface area (Å²) in [4.78, 5) is 12.5. The molecule has 0 aliphatic rings. The monoisotopic (exact) mass is 304 g/mol. The normalized spacial score (nSPS) is 10.1. The van der Waals surface area contributed by atoms with Crippen molar-refractivity contribution in [3.05, 3.63) is 64.2 Å².